The Morgan fingerprint density at radius 2 is 0.759 bits per heavy atom. The molecule has 3 aromatic heterocycles. The summed E-state index contributed by atoms with van der Waals surface area (Å²) in [7, 11) is 0. The van der Waals surface area contributed by atoms with Gasteiger partial charge in [-0.25, -0.2) is 9.97 Å². The molecule has 0 amide bonds. The first-order valence-electron chi connectivity index (χ1n) is 19.5. The molecule has 0 unspecified atom stereocenters. The molecule has 0 aliphatic carbocycles. The molecular weight excluding hydrogens is 709 g/mol. The van der Waals surface area contributed by atoms with Crippen LogP contribution in [0.5, 0.6) is 0 Å². The fourth-order valence-corrected chi connectivity index (χ4v) is 8.40. The van der Waals surface area contributed by atoms with Crippen molar-refractivity contribution in [2.75, 3.05) is 0 Å². The maximum Gasteiger partial charge on any atom is 0.197 e. The molecule has 0 saturated heterocycles. The van der Waals surface area contributed by atoms with E-state index >= 15 is 0 Å². The average molecular weight is 743 g/mol. The van der Waals surface area contributed by atoms with Crippen molar-refractivity contribution in [1.82, 2.24) is 19.1 Å². The molecule has 58 heavy (non-hydrogen) atoms. The lowest BCUT2D eigenvalue weighted by molar-refractivity contribution is 1.13. The Kier molecular flexibility index (Phi) is 7.90. The monoisotopic (exact) mass is 742 g/mol. The molecule has 5 heteroatoms. The number of para-hydroxylation sites is 3. The van der Waals surface area contributed by atoms with E-state index in [2.05, 4.69) is 130 Å². The minimum atomic E-state index is 0.0486. The molecule has 11 aromatic rings. The first-order chi connectivity index (χ1) is 28.7. The van der Waals surface area contributed by atoms with Gasteiger partial charge in [0.1, 0.15) is 0 Å². The summed E-state index contributed by atoms with van der Waals surface area (Å²) < 4.78 is 4.55. The van der Waals surface area contributed by atoms with Crippen LogP contribution in [0.25, 0.3) is 100 Å². The molecule has 0 radical (unpaired) electrons. The molecule has 0 aliphatic heterocycles. The molecule has 272 valence electrons. The number of hydrogen-bond acceptors (Lipinski definition) is 3. The molecule has 11 rings (SSSR count). The van der Waals surface area contributed by atoms with Gasteiger partial charge < -0.3 is 9.13 Å². The minimum Gasteiger partial charge on any atom is -0.309 e. The van der Waals surface area contributed by atoms with Gasteiger partial charge in [-0.15, -0.1) is 0 Å². The van der Waals surface area contributed by atoms with Crippen LogP contribution in [0.3, 0.4) is 0 Å². The SMILES string of the molecule is O=c1c2ccccc2n(-c2cccc(-n3c4ccccc4c4cc(-c5cccc(-c6nc(-c7ccccc7)cc(-c7ccccc7)n6)c5)ccc43)c2)c2ccccc12. The maximum atomic E-state index is 13.5. The summed E-state index contributed by atoms with van der Waals surface area (Å²) >= 11 is 0. The van der Waals surface area contributed by atoms with E-state index in [-0.39, 0.29) is 5.43 Å². The number of aromatic nitrogens is 4. The Labute approximate surface area is 334 Å². The van der Waals surface area contributed by atoms with Crippen molar-refractivity contribution in [3.63, 3.8) is 0 Å². The Balaban J connectivity index is 1.04. The highest BCUT2D eigenvalue weighted by atomic mass is 16.1. The average Bonchev–Trinajstić information content (AvgIpc) is 3.63. The summed E-state index contributed by atoms with van der Waals surface area (Å²) in [6.45, 7) is 0. The molecule has 0 spiro atoms. The van der Waals surface area contributed by atoms with Gasteiger partial charge in [0.25, 0.3) is 0 Å². The summed E-state index contributed by atoms with van der Waals surface area (Å²) in [5.74, 6) is 0.683. The number of benzene rings is 8. The molecular formula is C53H34N4O. The molecule has 3 heterocycles. The second-order valence-corrected chi connectivity index (χ2v) is 14.6. The van der Waals surface area contributed by atoms with Gasteiger partial charge in [-0.3, -0.25) is 4.79 Å². The van der Waals surface area contributed by atoms with Crippen molar-refractivity contribution in [2.45, 2.75) is 0 Å². The van der Waals surface area contributed by atoms with E-state index in [0.29, 0.717) is 16.6 Å². The van der Waals surface area contributed by atoms with Crippen LogP contribution < -0.4 is 5.43 Å². The Hall–Kier alpha value is -7.89. The second kappa shape index (κ2) is 13.7. The quantitative estimate of drug-likeness (QED) is 0.159. The van der Waals surface area contributed by atoms with Gasteiger partial charge in [-0.2, -0.15) is 0 Å². The van der Waals surface area contributed by atoms with Gasteiger partial charge in [0, 0.05) is 49.6 Å². The maximum absolute atomic E-state index is 13.5. The Bertz CT molecular complexity index is 3300. The summed E-state index contributed by atoms with van der Waals surface area (Å²) in [4.78, 5) is 23.7. The van der Waals surface area contributed by atoms with E-state index in [1.807, 2.05) is 84.9 Å². The third-order valence-corrected chi connectivity index (χ3v) is 11.1. The second-order valence-electron chi connectivity index (χ2n) is 14.6. The van der Waals surface area contributed by atoms with E-state index in [9.17, 15) is 4.79 Å². The lowest BCUT2D eigenvalue weighted by Gasteiger charge is -2.17. The van der Waals surface area contributed by atoms with Crippen LogP contribution in [0.15, 0.2) is 211 Å². The van der Waals surface area contributed by atoms with Crippen LogP contribution in [0, 0.1) is 0 Å². The predicted octanol–water partition coefficient (Wildman–Crippen LogP) is 12.7. The van der Waals surface area contributed by atoms with E-state index in [1.165, 1.54) is 5.39 Å². The molecule has 0 fully saturated rings. The van der Waals surface area contributed by atoms with Gasteiger partial charge in [0.05, 0.1) is 33.5 Å². The van der Waals surface area contributed by atoms with Gasteiger partial charge in [-0.05, 0) is 83.9 Å². The van der Waals surface area contributed by atoms with Gasteiger partial charge in [0.15, 0.2) is 11.3 Å². The number of fused-ring (bicyclic) bond motifs is 5. The highest BCUT2D eigenvalue weighted by Crippen LogP contribution is 2.37. The molecule has 0 saturated carbocycles. The molecule has 0 aliphatic rings. The molecule has 5 nitrogen and oxygen atoms in total. The number of hydrogen-bond donors (Lipinski definition) is 0. The van der Waals surface area contributed by atoms with Gasteiger partial charge in [0.2, 0.25) is 0 Å². The third-order valence-electron chi connectivity index (χ3n) is 11.1. The first kappa shape index (κ1) is 33.4. The highest BCUT2D eigenvalue weighted by molar-refractivity contribution is 6.10. The zero-order valence-corrected chi connectivity index (χ0v) is 31.3. The predicted molar refractivity (Wildman–Crippen MR) is 239 cm³/mol. The summed E-state index contributed by atoms with van der Waals surface area (Å²) in [6, 6.07) is 70.9. The van der Waals surface area contributed by atoms with E-state index in [0.717, 1.165) is 78.0 Å². The van der Waals surface area contributed by atoms with Crippen LogP contribution >= 0.6 is 0 Å². The van der Waals surface area contributed by atoms with Crippen molar-refractivity contribution < 1.29 is 0 Å². The van der Waals surface area contributed by atoms with E-state index in [1.54, 1.807) is 0 Å². The fraction of sp³-hybridized carbons (Fsp3) is 0. The van der Waals surface area contributed by atoms with Crippen LogP contribution in [0.1, 0.15) is 0 Å². The van der Waals surface area contributed by atoms with E-state index in [4.69, 9.17) is 9.97 Å². The summed E-state index contributed by atoms with van der Waals surface area (Å²) in [6.07, 6.45) is 0. The van der Waals surface area contributed by atoms with Crippen LogP contribution in [-0.4, -0.2) is 19.1 Å². The molecule has 0 N–H and O–H groups in total. The standard InChI is InChI=1S/C53H34N4O/c58-52-43-24-8-11-27-49(43)57(50-28-12-9-25-44(50)52)41-22-14-21-40(33-41)56-48-26-10-7-23-42(48)45-32-38(29-30-51(45)56)37-19-13-20-39(31-37)53-54-46(35-15-3-1-4-16-35)34-47(55-53)36-17-5-2-6-18-36/h1-34H. The zero-order valence-electron chi connectivity index (χ0n) is 31.3. The van der Waals surface area contributed by atoms with Crippen molar-refractivity contribution in [3.05, 3.63) is 216 Å². The number of rotatable bonds is 6. The lowest BCUT2D eigenvalue weighted by atomic mass is 10.00. The normalized spacial score (nSPS) is 11.5. The Morgan fingerprint density at radius 1 is 0.310 bits per heavy atom. The summed E-state index contributed by atoms with van der Waals surface area (Å²) in [5.41, 5.74) is 13.1. The topological polar surface area (TPSA) is 52.7 Å². The van der Waals surface area contributed by atoms with Crippen LogP contribution in [0.2, 0.25) is 0 Å². The smallest absolute Gasteiger partial charge is 0.197 e. The first-order valence-corrected chi connectivity index (χ1v) is 19.5. The molecule has 0 bridgehead atoms. The van der Waals surface area contributed by atoms with Crippen molar-refractivity contribution >= 4 is 43.6 Å². The minimum absolute atomic E-state index is 0.0486. The van der Waals surface area contributed by atoms with Crippen LogP contribution in [0.4, 0.5) is 0 Å². The number of nitrogens with zero attached hydrogens (tertiary/aromatic N) is 4. The zero-order chi connectivity index (χ0) is 38.6. The number of pyridine rings is 1. The van der Waals surface area contributed by atoms with E-state index < -0.39 is 0 Å². The lowest BCUT2D eigenvalue weighted by Crippen LogP contribution is -2.10. The third kappa shape index (κ3) is 5.60. The molecule has 0 atom stereocenters. The fourth-order valence-electron chi connectivity index (χ4n) is 8.40. The summed E-state index contributed by atoms with van der Waals surface area (Å²) in [5, 5.41) is 3.74. The Morgan fingerprint density at radius 3 is 1.36 bits per heavy atom. The molecule has 8 aromatic carbocycles. The largest absolute Gasteiger partial charge is 0.309 e. The van der Waals surface area contributed by atoms with Crippen molar-refractivity contribution in [2.24, 2.45) is 0 Å². The van der Waals surface area contributed by atoms with Crippen LogP contribution in [-0.2, 0) is 0 Å². The van der Waals surface area contributed by atoms with Crippen molar-refractivity contribution in [1.29, 1.82) is 0 Å². The van der Waals surface area contributed by atoms with Crippen molar-refractivity contribution in [3.8, 4) is 56.4 Å². The van der Waals surface area contributed by atoms with Gasteiger partial charge >= 0.3 is 0 Å². The van der Waals surface area contributed by atoms with Gasteiger partial charge in [-0.1, -0.05) is 133 Å². The highest BCUT2D eigenvalue weighted by Gasteiger charge is 2.17.